The van der Waals surface area contributed by atoms with E-state index >= 15 is 0 Å². The molecule has 0 bridgehead atoms. The highest BCUT2D eigenvalue weighted by Crippen LogP contribution is 2.37. The van der Waals surface area contributed by atoms with Crippen LogP contribution in [0.5, 0.6) is 17.2 Å². The molecule has 4 N–H and O–H groups in total. The Kier molecular flexibility index (Phi) is 12.6. The minimum atomic E-state index is -1.21. The van der Waals surface area contributed by atoms with Crippen LogP contribution in [0.1, 0.15) is 23.1 Å². The van der Waals surface area contributed by atoms with Crippen molar-refractivity contribution < 1.29 is 39.1 Å². The maximum Gasteiger partial charge on any atom is 0.247 e. The quantitative estimate of drug-likeness (QED) is 0.186. The lowest BCUT2D eigenvalue weighted by Crippen LogP contribution is -2.56. The zero-order valence-corrected chi connectivity index (χ0v) is 27.5. The molecule has 10 nitrogen and oxygen atoms in total. The maximum atomic E-state index is 14.0. The fraction of sp³-hybridized carbons (Fsp3) is 0.353. The number of hydrogen-bond acceptors (Lipinski definition) is 8. The summed E-state index contributed by atoms with van der Waals surface area (Å²) in [6.45, 7) is -0.134. The molecule has 3 aromatic rings. The van der Waals surface area contributed by atoms with Crippen molar-refractivity contribution in [3.8, 4) is 17.2 Å². The number of para-hydroxylation sites is 1. The lowest BCUT2D eigenvalue weighted by atomic mass is 9.87. The molecule has 0 radical (unpaired) electrons. The molecular formula is C34H39IN2O8. The summed E-state index contributed by atoms with van der Waals surface area (Å²) in [5, 5.41) is 33.5. The van der Waals surface area contributed by atoms with E-state index in [-0.39, 0.29) is 45.1 Å². The molecule has 0 aromatic heterocycles. The lowest BCUT2D eigenvalue weighted by molar-refractivity contribution is -0.137. The van der Waals surface area contributed by atoms with Crippen molar-refractivity contribution in [1.82, 2.24) is 10.2 Å². The number of amides is 2. The molecule has 4 rings (SSSR count). The third-order valence-electron chi connectivity index (χ3n) is 7.67. The number of nitrogens with zero attached hydrogens (tertiary/aromatic N) is 1. The topological polar surface area (TPSA) is 138 Å². The number of benzene rings is 3. The first kappa shape index (κ1) is 34.2. The summed E-state index contributed by atoms with van der Waals surface area (Å²) in [4.78, 5) is 28.9. The van der Waals surface area contributed by atoms with E-state index in [0.717, 1.165) is 11.1 Å². The van der Waals surface area contributed by atoms with Crippen LogP contribution in [0.2, 0.25) is 0 Å². The predicted octanol–water partition coefficient (Wildman–Crippen LogP) is 3.03. The normalized spacial score (nSPS) is 17.6. The monoisotopic (exact) mass is 730 g/mol. The predicted molar refractivity (Wildman–Crippen MR) is 177 cm³/mol. The van der Waals surface area contributed by atoms with Crippen molar-refractivity contribution in [2.75, 3.05) is 33.9 Å². The molecule has 0 fully saturated rings. The average molecular weight is 731 g/mol. The smallest absolute Gasteiger partial charge is 0.247 e. The van der Waals surface area contributed by atoms with Gasteiger partial charge in [0.25, 0.3) is 0 Å². The van der Waals surface area contributed by atoms with Crippen LogP contribution in [-0.2, 0) is 29.0 Å². The van der Waals surface area contributed by atoms with Gasteiger partial charge in [-0.3, -0.25) is 9.59 Å². The number of carbonyl (C=O) groups excluding carboxylic acids is 2. The van der Waals surface area contributed by atoms with Gasteiger partial charge in [-0.25, -0.2) is 0 Å². The molecule has 0 saturated carbocycles. The van der Waals surface area contributed by atoms with E-state index in [2.05, 4.69) is 27.9 Å². The van der Waals surface area contributed by atoms with Crippen molar-refractivity contribution in [3.05, 3.63) is 98.6 Å². The van der Waals surface area contributed by atoms with Gasteiger partial charge in [0.1, 0.15) is 18.0 Å². The first-order valence-corrected chi connectivity index (χ1v) is 15.7. The summed E-state index contributed by atoms with van der Waals surface area (Å²) in [5.41, 5.74) is 2.66. The summed E-state index contributed by atoms with van der Waals surface area (Å²) >= 11 is 2.06. The van der Waals surface area contributed by atoms with Gasteiger partial charge in [0.2, 0.25) is 11.8 Å². The third kappa shape index (κ3) is 8.75. The number of ether oxygens (including phenoxy) is 3. The van der Waals surface area contributed by atoms with Crippen molar-refractivity contribution in [1.29, 1.82) is 0 Å². The Morgan fingerprint density at radius 1 is 0.978 bits per heavy atom. The van der Waals surface area contributed by atoms with Crippen LogP contribution in [0.4, 0.5) is 0 Å². The zero-order chi connectivity index (χ0) is 32.3. The molecule has 2 amide bonds. The maximum absolute atomic E-state index is 14.0. The van der Waals surface area contributed by atoms with E-state index < -0.39 is 24.2 Å². The van der Waals surface area contributed by atoms with Gasteiger partial charge < -0.3 is 39.7 Å². The van der Waals surface area contributed by atoms with Crippen molar-refractivity contribution in [3.63, 3.8) is 0 Å². The SMILES string of the molecule is COc1ccccc1CCN(C(=O)Cc1ccccc1)C1CC(C(=O)NCCO)=CC(Oc2c(I)cc(CO)cc2OC)C1O. The lowest BCUT2D eigenvalue weighted by Gasteiger charge is -2.41. The van der Waals surface area contributed by atoms with E-state index in [1.165, 1.54) is 7.11 Å². The number of hydrogen-bond donors (Lipinski definition) is 4. The Bertz CT molecular complexity index is 1480. The summed E-state index contributed by atoms with van der Waals surface area (Å²) in [6.07, 6.45) is -0.0602. The largest absolute Gasteiger partial charge is 0.496 e. The zero-order valence-electron chi connectivity index (χ0n) is 25.3. The van der Waals surface area contributed by atoms with Crippen molar-refractivity contribution >= 4 is 34.4 Å². The molecule has 11 heteroatoms. The molecule has 45 heavy (non-hydrogen) atoms. The highest BCUT2D eigenvalue weighted by atomic mass is 127. The molecule has 0 saturated heterocycles. The second-order valence-electron chi connectivity index (χ2n) is 10.6. The Labute approximate surface area is 276 Å². The second-order valence-corrected chi connectivity index (χ2v) is 11.8. The molecule has 0 heterocycles. The van der Waals surface area contributed by atoms with E-state index in [4.69, 9.17) is 14.2 Å². The Hall–Kier alpha value is -3.65. The molecule has 1 aliphatic rings. The van der Waals surface area contributed by atoms with Crippen LogP contribution >= 0.6 is 22.6 Å². The highest BCUT2D eigenvalue weighted by Gasteiger charge is 2.41. The molecule has 3 atom stereocenters. The first-order chi connectivity index (χ1) is 21.8. The van der Waals surface area contributed by atoms with Gasteiger partial charge in [0.05, 0.1) is 43.5 Å². The summed E-state index contributed by atoms with van der Waals surface area (Å²) in [6, 6.07) is 19.5. The van der Waals surface area contributed by atoms with Gasteiger partial charge in [-0.05, 0) is 70.0 Å². The standard InChI is InChI=1S/C34H39IN2O8/c1-43-28-11-7-6-10-24(28)12-14-37(31(40)18-22-8-4-3-5-9-22)27-19-25(34(42)36-13-15-38)20-29(32(27)41)45-33-26(35)16-23(21-39)17-30(33)44-2/h3-11,16-17,20,27,29,32,38-39,41H,12-15,18-19,21H2,1-2H3,(H,36,42). The third-order valence-corrected chi connectivity index (χ3v) is 8.47. The van der Waals surface area contributed by atoms with E-state index in [1.807, 2.05) is 54.6 Å². The summed E-state index contributed by atoms with van der Waals surface area (Å²) < 4.78 is 18.1. The second kappa shape index (κ2) is 16.6. The fourth-order valence-electron chi connectivity index (χ4n) is 5.39. The molecule has 1 aliphatic carbocycles. The van der Waals surface area contributed by atoms with Gasteiger partial charge in [-0.1, -0.05) is 48.5 Å². The first-order valence-electron chi connectivity index (χ1n) is 14.7. The van der Waals surface area contributed by atoms with Gasteiger partial charge in [-0.15, -0.1) is 0 Å². The van der Waals surface area contributed by atoms with Crippen molar-refractivity contribution in [2.45, 2.75) is 44.1 Å². The fourth-order valence-corrected chi connectivity index (χ4v) is 6.19. The number of carbonyl (C=O) groups is 2. The molecule has 240 valence electrons. The Balaban J connectivity index is 1.72. The number of rotatable bonds is 14. The number of aliphatic hydroxyl groups excluding tert-OH is 3. The van der Waals surface area contributed by atoms with Crippen LogP contribution in [0.3, 0.4) is 0 Å². The Morgan fingerprint density at radius 2 is 1.69 bits per heavy atom. The van der Waals surface area contributed by atoms with Gasteiger partial charge in [-0.2, -0.15) is 0 Å². The molecular weight excluding hydrogens is 691 g/mol. The average Bonchev–Trinajstić information content (AvgIpc) is 3.06. The van der Waals surface area contributed by atoms with Crippen molar-refractivity contribution in [2.24, 2.45) is 0 Å². The van der Waals surface area contributed by atoms with Crippen LogP contribution in [0.25, 0.3) is 0 Å². The van der Waals surface area contributed by atoms with Gasteiger partial charge in [0.15, 0.2) is 11.5 Å². The summed E-state index contributed by atoms with van der Waals surface area (Å²) in [5.74, 6) is 0.744. The number of methoxy groups -OCH3 is 2. The number of nitrogens with one attached hydrogen (secondary N) is 1. The van der Waals surface area contributed by atoms with E-state index in [0.29, 0.717) is 38.4 Å². The molecule has 0 spiro atoms. The van der Waals surface area contributed by atoms with E-state index in [9.17, 15) is 24.9 Å². The van der Waals surface area contributed by atoms with Gasteiger partial charge >= 0.3 is 0 Å². The molecule has 0 aliphatic heterocycles. The molecule has 3 unspecified atom stereocenters. The van der Waals surface area contributed by atoms with E-state index in [1.54, 1.807) is 30.2 Å². The van der Waals surface area contributed by atoms with Crippen LogP contribution in [0.15, 0.2) is 78.4 Å². The van der Waals surface area contributed by atoms with Crippen LogP contribution < -0.4 is 19.5 Å². The van der Waals surface area contributed by atoms with Crippen LogP contribution in [-0.4, -0.2) is 84.2 Å². The van der Waals surface area contributed by atoms with Crippen LogP contribution in [0, 0.1) is 3.57 Å². The summed E-state index contributed by atoms with van der Waals surface area (Å²) in [7, 11) is 3.07. The van der Waals surface area contributed by atoms with Gasteiger partial charge in [0, 0.05) is 25.1 Å². The number of aliphatic hydroxyl groups is 3. The minimum absolute atomic E-state index is 0.0493. The Morgan fingerprint density at radius 3 is 2.38 bits per heavy atom. The highest BCUT2D eigenvalue weighted by molar-refractivity contribution is 14.1. The molecule has 3 aromatic carbocycles. The minimum Gasteiger partial charge on any atom is -0.496 e. The number of halogens is 1.